The lowest BCUT2D eigenvalue weighted by molar-refractivity contribution is 0.0638. The smallest absolute Gasteiger partial charge is 0.343 e. The van der Waals surface area contributed by atoms with Gasteiger partial charge in [0.15, 0.2) is 11.5 Å². The maximum atomic E-state index is 12.6. The molecule has 0 radical (unpaired) electrons. The standard InChI is InChI=1S/C21H21NO6/c1-3-27-17-7-4-5-8-18(17)28-21(25)14-9-10-15-16(13-14)20(24)22(19(15)23)11-6-12-26-2/h4-5,7-10,13H,3,6,11-12H2,1-2H3. The molecular weight excluding hydrogens is 362 g/mol. The number of hydrogen-bond donors (Lipinski definition) is 0. The molecule has 1 aliphatic rings. The number of hydrogen-bond acceptors (Lipinski definition) is 6. The summed E-state index contributed by atoms with van der Waals surface area (Å²) in [6.07, 6.45) is 0.547. The van der Waals surface area contributed by atoms with Gasteiger partial charge in [-0.3, -0.25) is 14.5 Å². The van der Waals surface area contributed by atoms with Gasteiger partial charge in [-0.25, -0.2) is 4.79 Å². The number of ether oxygens (including phenoxy) is 3. The molecule has 7 nitrogen and oxygen atoms in total. The fourth-order valence-corrected chi connectivity index (χ4v) is 2.96. The molecule has 0 N–H and O–H groups in total. The number of imide groups is 1. The first-order chi connectivity index (χ1) is 13.6. The zero-order valence-corrected chi connectivity index (χ0v) is 15.8. The molecule has 0 saturated carbocycles. The summed E-state index contributed by atoms with van der Waals surface area (Å²) in [6, 6.07) is 11.2. The second-order valence-electron chi connectivity index (χ2n) is 6.14. The number of carbonyl (C=O) groups is 3. The number of carbonyl (C=O) groups excluding carboxylic acids is 3. The van der Waals surface area contributed by atoms with Crippen LogP contribution in [0.3, 0.4) is 0 Å². The van der Waals surface area contributed by atoms with Gasteiger partial charge in [0.2, 0.25) is 0 Å². The van der Waals surface area contributed by atoms with Crippen molar-refractivity contribution < 1.29 is 28.6 Å². The third kappa shape index (κ3) is 3.89. The van der Waals surface area contributed by atoms with E-state index in [-0.39, 0.29) is 29.1 Å². The minimum absolute atomic E-state index is 0.185. The summed E-state index contributed by atoms with van der Waals surface area (Å²) in [4.78, 5) is 38.7. The van der Waals surface area contributed by atoms with Crippen LogP contribution in [0.1, 0.15) is 44.4 Å². The van der Waals surface area contributed by atoms with E-state index in [9.17, 15) is 14.4 Å². The van der Waals surface area contributed by atoms with E-state index in [1.807, 2.05) is 6.92 Å². The first-order valence-corrected chi connectivity index (χ1v) is 9.00. The summed E-state index contributed by atoms with van der Waals surface area (Å²) in [5, 5.41) is 0. The fraction of sp³-hybridized carbons (Fsp3) is 0.286. The molecule has 2 aromatic rings. The van der Waals surface area contributed by atoms with Crippen LogP contribution in [-0.2, 0) is 4.74 Å². The lowest BCUT2D eigenvalue weighted by Gasteiger charge is -2.12. The highest BCUT2D eigenvalue weighted by Crippen LogP contribution is 2.28. The van der Waals surface area contributed by atoms with Gasteiger partial charge in [0, 0.05) is 20.3 Å². The van der Waals surface area contributed by atoms with Crippen LogP contribution < -0.4 is 9.47 Å². The average molecular weight is 383 g/mol. The van der Waals surface area contributed by atoms with Crippen molar-refractivity contribution in [3.8, 4) is 11.5 Å². The summed E-state index contributed by atoms with van der Waals surface area (Å²) in [5.41, 5.74) is 0.675. The molecule has 146 valence electrons. The second kappa shape index (κ2) is 8.67. The molecular formula is C21H21NO6. The number of amides is 2. The highest BCUT2D eigenvalue weighted by molar-refractivity contribution is 6.22. The maximum Gasteiger partial charge on any atom is 0.343 e. The zero-order chi connectivity index (χ0) is 20.1. The van der Waals surface area contributed by atoms with Crippen LogP contribution in [0.15, 0.2) is 42.5 Å². The first-order valence-electron chi connectivity index (χ1n) is 9.00. The largest absolute Gasteiger partial charge is 0.490 e. The van der Waals surface area contributed by atoms with E-state index in [0.717, 1.165) is 0 Å². The number of methoxy groups -OCH3 is 1. The van der Waals surface area contributed by atoms with E-state index in [1.165, 1.54) is 23.1 Å². The van der Waals surface area contributed by atoms with Crippen molar-refractivity contribution in [2.75, 3.05) is 26.9 Å². The Labute approximate surface area is 162 Å². The number of esters is 1. The van der Waals surface area contributed by atoms with Crippen LogP contribution >= 0.6 is 0 Å². The second-order valence-corrected chi connectivity index (χ2v) is 6.14. The predicted octanol–water partition coefficient (Wildman–Crippen LogP) is 2.94. The third-order valence-electron chi connectivity index (χ3n) is 4.29. The van der Waals surface area contributed by atoms with Crippen molar-refractivity contribution in [2.45, 2.75) is 13.3 Å². The predicted molar refractivity (Wildman–Crippen MR) is 101 cm³/mol. The lowest BCUT2D eigenvalue weighted by Crippen LogP contribution is -2.31. The SMILES string of the molecule is CCOc1ccccc1OC(=O)c1ccc2c(c1)C(=O)N(CCCOC)C2=O. The lowest BCUT2D eigenvalue weighted by atomic mass is 10.1. The van der Waals surface area contributed by atoms with E-state index < -0.39 is 11.9 Å². The van der Waals surface area contributed by atoms with Crippen LogP contribution in [0, 0.1) is 0 Å². The van der Waals surface area contributed by atoms with Gasteiger partial charge in [-0.15, -0.1) is 0 Å². The van der Waals surface area contributed by atoms with Crippen molar-refractivity contribution in [2.24, 2.45) is 0 Å². The molecule has 2 aromatic carbocycles. The molecule has 0 fully saturated rings. The normalized spacial score (nSPS) is 12.9. The Kier molecular flexibility index (Phi) is 6.06. The van der Waals surface area contributed by atoms with Crippen LogP contribution in [-0.4, -0.2) is 49.6 Å². The minimum Gasteiger partial charge on any atom is -0.490 e. The minimum atomic E-state index is -0.631. The molecule has 0 aromatic heterocycles. The summed E-state index contributed by atoms with van der Waals surface area (Å²) in [5.74, 6) is -0.667. The molecule has 1 heterocycles. The number of nitrogens with zero attached hydrogens (tertiary/aromatic N) is 1. The topological polar surface area (TPSA) is 82.1 Å². The van der Waals surface area contributed by atoms with E-state index >= 15 is 0 Å². The van der Waals surface area contributed by atoms with E-state index in [4.69, 9.17) is 14.2 Å². The van der Waals surface area contributed by atoms with Crippen LogP contribution in [0.4, 0.5) is 0 Å². The number of para-hydroxylation sites is 2. The van der Waals surface area contributed by atoms with Crippen LogP contribution in [0.2, 0.25) is 0 Å². The van der Waals surface area contributed by atoms with Gasteiger partial charge >= 0.3 is 5.97 Å². The van der Waals surface area contributed by atoms with Crippen molar-refractivity contribution in [1.29, 1.82) is 0 Å². The molecule has 1 aliphatic heterocycles. The van der Waals surface area contributed by atoms with Gasteiger partial charge in [0.1, 0.15) is 0 Å². The Morgan fingerprint density at radius 2 is 1.71 bits per heavy atom. The zero-order valence-electron chi connectivity index (χ0n) is 15.8. The van der Waals surface area contributed by atoms with Gasteiger partial charge in [-0.05, 0) is 43.7 Å². The number of benzene rings is 2. The summed E-state index contributed by atoms with van der Waals surface area (Å²) >= 11 is 0. The van der Waals surface area contributed by atoms with Gasteiger partial charge < -0.3 is 14.2 Å². The Bertz CT molecular complexity index is 908. The molecule has 0 bridgehead atoms. The number of fused-ring (bicyclic) bond motifs is 1. The van der Waals surface area contributed by atoms with Crippen molar-refractivity contribution in [1.82, 2.24) is 4.90 Å². The van der Waals surface area contributed by atoms with Gasteiger partial charge in [-0.1, -0.05) is 12.1 Å². The summed E-state index contributed by atoms with van der Waals surface area (Å²) in [7, 11) is 1.56. The van der Waals surface area contributed by atoms with Crippen molar-refractivity contribution >= 4 is 17.8 Å². The average Bonchev–Trinajstić information content (AvgIpc) is 2.94. The molecule has 0 aliphatic carbocycles. The quantitative estimate of drug-likeness (QED) is 0.302. The van der Waals surface area contributed by atoms with Crippen molar-refractivity contribution in [3.05, 3.63) is 59.2 Å². The molecule has 7 heteroatoms. The Morgan fingerprint density at radius 3 is 2.43 bits per heavy atom. The summed E-state index contributed by atoms with van der Waals surface area (Å²) in [6.45, 7) is 2.98. The Hall–Kier alpha value is -3.19. The molecule has 0 spiro atoms. The summed E-state index contributed by atoms with van der Waals surface area (Å²) < 4.78 is 15.8. The first kappa shape index (κ1) is 19.6. The monoisotopic (exact) mass is 383 g/mol. The Balaban J connectivity index is 1.79. The van der Waals surface area contributed by atoms with Crippen LogP contribution in [0.5, 0.6) is 11.5 Å². The van der Waals surface area contributed by atoms with Crippen molar-refractivity contribution in [3.63, 3.8) is 0 Å². The van der Waals surface area contributed by atoms with E-state index in [1.54, 1.807) is 31.4 Å². The Morgan fingerprint density at radius 1 is 1.00 bits per heavy atom. The van der Waals surface area contributed by atoms with Gasteiger partial charge in [0.05, 0.1) is 23.3 Å². The fourth-order valence-electron chi connectivity index (χ4n) is 2.96. The van der Waals surface area contributed by atoms with E-state index in [0.29, 0.717) is 31.1 Å². The highest BCUT2D eigenvalue weighted by atomic mass is 16.6. The van der Waals surface area contributed by atoms with E-state index in [2.05, 4.69) is 0 Å². The van der Waals surface area contributed by atoms with Gasteiger partial charge in [0.25, 0.3) is 11.8 Å². The number of rotatable bonds is 8. The third-order valence-corrected chi connectivity index (χ3v) is 4.29. The van der Waals surface area contributed by atoms with Gasteiger partial charge in [-0.2, -0.15) is 0 Å². The molecule has 2 amide bonds. The highest BCUT2D eigenvalue weighted by Gasteiger charge is 2.35. The molecule has 0 saturated heterocycles. The maximum absolute atomic E-state index is 12.6. The molecule has 0 atom stereocenters. The molecule has 3 rings (SSSR count). The van der Waals surface area contributed by atoms with Crippen LogP contribution in [0.25, 0.3) is 0 Å². The molecule has 28 heavy (non-hydrogen) atoms. The molecule has 0 unspecified atom stereocenters.